The van der Waals surface area contributed by atoms with Gasteiger partial charge in [-0.25, -0.2) is 4.98 Å². The molecule has 0 aromatic carbocycles. The van der Waals surface area contributed by atoms with Crippen LogP contribution in [-0.2, 0) is 11.2 Å². The van der Waals surface area contributed by atoms with Gasteiger partial charge in [-0.15, -0.1) is 0 Å². The Labute approximate surface area is 135 Å². The second kappa shape index (κ2) is 6.58. The van der Waals surface area contributed by atoms with Crippen molar-refractivity contribution in [2.45, 2.75) is 18.9 Å². The summed E-state index contributed by atoms with van der Waals surface area (Å²) < 4.78 is 6.71. The zero-order valence-electron chi connectivity index (χ0n) is 11.4. The molecule has 0 radical (unpaired) electrons. The molecule has 2 aromatic rings. The lowest BCUT2D eigenvalue weighted by Crippen LogP contribution is -2.32. The van der Waals surface area contributed by atoms with E-state index in [1.165, 1.54) is 0 Å². The van der Waals surface area contributed by atoms with Gasteiger partial charge in [0.1, 0.15) is 6.10 Å². The molecule has 1 saturated heterocycles. The van der Waals surface area contributed by atoms with E-state index in [0.717, 1.165) is 23.0 Å². The van der Waals surface area contributed by atoms with Crippen LogP contribution in [0.25, 0.3) is 0 Å². The van der Waals surface area contributed by atoms with Crippen LogP contribution in [0.2, 0.25) is 0 Å². The highest BCUT2D eigenvalue weighted by molar-refractivity contribution is 9.10. The lowest BCUT2D eigenvalue weighted by Gasteiger charge is -2.17. The third kappa shape index (κ3) is 3.63. The maximum Gasteiger partial charge on any atom is 0.228 e. The maximum atomic E-state index is 12.2. The van der Waals surface area contributed by atoms with Crippen LogP contribution in [0.4, 0.5) is 0 Å². The molecule has 1 amide bonds. The summed E-state index contributed by atoms with van der Waals surface area (Å²) >= 11 is 5.04. The molecule has 0 bridgehead atoms. The number of thiophene rings is 1. The number of carbonyl (C=O) groups excluding carboxylic acids is 1. The van der Waals surface area contributed by atoms with E-state index in [1.807, 2.05) is 33.9 Å². The van der Waals surface area contributed by atoms with Gasteiger partial charge in [0, 0.05) is 19.2 Å². The Balaban J connectivity index is 1.56. The minimum absolute atomic E-state index is 0.0163. The van der Waals surface area contributed by atoms with Gasteiger partial charge < -0.3 is 9.64 Å². The Morgan fingerprint density at radius 1 is 1.52 bits per heavy atom. The zero-order valence-corrected chi connectivity index (χ0v) is 13.8. The van der Waals surface area contributed by atoms with E-state index in [-0.39, 0.29) is 12.0 Å². The number of carbonyl (C=O) groups is 1. The molecule has 3 heterocycles. The Morgan fingerprint density at radius 3 is 3.19 bits per heavy atom. The van der Waals surface area contributed by atoms with Gasteiger partial charge in [0.05, 0.1) is 17.4 Å². The van der Waals surface area contributed by atoms with Crippen molar-refractivity contribution < 1.29 is 9.53 Å². The number of hydrogen-bond acceptors (Lipinski definition) is 4. The Hall–Kier alpha value is -1.40. The molecular formula is C15H15BrN2O2S. The lowest BCUT2D eigenvalue weighted by atomic mass is 10.2. The van der Waals surface area contributed by atoms with Crippen molar-refractivity contribution >= 4 is 33.2 Å². The number of nitrogens with zero attached hydrogens (tertiary/aromatic N) is 2. The summed E-state index contributed by atoms with van der Waals surface area (Å²) in [5.41, 5.74) is 1.09. The van der Waals surface area contributed by atoms with Crippen molar-refractivity contribution in [3.05, 3.63) is 45.2 Å². The normalized spacial score (nSPS) is 18.0. The second-order valence-corrected chi connectivity index (χ2v) is 6.60. The van der Waals surface area contributed by atoms with Crippen LogP contribution in [0.5, 0.6) is 5.88 Å². The first kappa shape index (κ1) is 14.5. The van der Waals surface area contributed by atoms with Crippen LogP contribution in [0.15, 0.2) is 39.6 Å². The van der Waals surface area contributed by atoms with Crippen LogP contribution < -0.4 is 4.74 Å². The largest absolute Gasteiger partial charge is 0.472 e. The van der Waals surface area contributed by atoms with Gasteiger partial charge in [-0.05, 0) is 50.5 Å². The standard InChI is InChI=1S/C15H15BrN2O2S/c16-13-2-1-5-17-15(13)20-12-3-6-18(9-12)14(19)8-11-4-7-21-10-11/h1-2,4-5,7,10,12H,3,6,8-9H2. The topological polar surface area (TPSA) is 42.4 Å². The van der Waals surface area contributed by atoms with Crippen LogP contribution in [0.1, 0.15) is 12.0 Å². The van der Waals surface area contributed by atoms with Gasteiger partial charge in [-0.3, -0.25) is 4.79 Å². The highest BCUT2D eigenvalue weighted by Gasteiger charge is 2.28. The van der Waals surface area contributed by atoms with Gasteiger partial charge in [0.25, 0.3) is 0 Å². The van der Waals surface area contributed by atoms with E-state index in [2.05, 4.69) is 20.9 Å². The number of likely N-dealkylation sites (tertiary alicyclic amines) is 1. The SMILES string of the molecule is O=C(Cc1ccsc1)N1CCC(Oc2ncccc2Br)C1. The number of pyridine rings is 1. The van der Waals surface area contributed by atoms with Crippen molar-refractivity contribution in [2.75, 3.05) is 13.1 Å². The molecule has 0 saturated carbocycles. The average molecular weight is 367 g/mol. The van der Waals surface area contributed by atoms with Gasteiger partial charge >= 0.3 is 0 Å². The first-order valence-electron chi connectivity index (χ1n) is 6.78. The summed E-state index contributed by atoms with van der Waals surface area (Å²) in [6.45, 7) is 1.38. The molecule has 6 heteroatoms. The number of hydrogen-bond donors (Lipinski definition) is 0. The minimum Gasteiger partial charge on any atom is -0.472 e. The van der Waals surface area contributed by atoms with Crippen molar-refractivity contribution in [1.82, 2.24) is 9.88 Å². The lowest BCUT2D eigenvalue weighted by molar-refractivity contribution is -0.129. The van der Waals surface area contributed by atoms with Crippen molar-refractivity contribution in [3.8, 4) is 5.88 Å². The quantitative estimate of drug-likeness (QED) is 0.834. The second-order valence-electron chi connectivity index (χ2n) is 4.97. The number of aromatic nitrogens is 1. The Morgan fingerprint density at radius 2 is 2.43 bits per heavy atom. The fourth-order valence-electron chi connectivity index (χ4n) is 2.35. The fraction of sp³-hybridized carbons (Fsp3) is 0.333. The minimum atomic E-state index is 0.0163. The summed E-state index contributed by atoms with van der Waals surface area (Å²) in [5.74, 6) is 0.759. The summed E-state index contributed by atoms with van der Waals surface area (Å²) in [4.78, 5) is 18.3. The molecule has 3 rings (SSSR count). The molecule has 1 unspecified atom stereocenters. The smallest absolute Gasteiger partial charge is 0.228 e. The Bertz CT molecular complexity index is 618. The van der Waals surface area contributed by atoms with E-state index in [4.69, 9.17) is 4.74 Å². The number of ether oxygens (including phenoxy) is 1. The van der Waals surface area contributed by atoms with E-state index in [1.54, 1.807) is 17.5 Å². The summed E-state index contributed by atoms with van der Waals surface area (Å²) in [6.07, 6.45) is 3.04. The van der Waals surface area contributed by atoms with E-state index < -0.39 is 0 Å². The summed E-state index contributed by atoms with van der Waals surface area (Å²) in [5, 5.41) is 4.02. The molecule has 1 aliphatic heterocycles. The van der Waals surface area contributed by atoms with E-state index >= 15 is 0 Å². The monoisotopic (exact) mass is 366 g/mol. The first-order valence-corrected chi connectivity index (χ1v) is 8.52. The van der Waals surface area contributed by atoms with E-state index in [9.17, 15) is 4.79 Å². The predicted molar refractivity (Wildman–Crippen MR) is 85.6 cm³/mol. The van der Waals surface area contributed by atoms with Crippen molar-refractivity contribution in [1.29, 1.82) is 0 Å². The van der Waals surface area contributed by atoms with Crippen LogP contribution >= 0.6 is 27.3 Å². The molecule has 0 aliphatic carbocycles. The molecule has 0 spiro atoms. The van der Waals surface area contributed by atoms with Gasteiger partial charge in [0.2, 0.25) is 11.8 Å². The van der Waals surface area contributed by atoms with Gasteiger partial charge in [-0.2, -0.15) is 11.3 Å². The molecule has 4 nitrogen and oxygen atoms in total. The predicted octanol–water partition coefficient (Wildman–Crippen LogP) is 3.13. The molecule has 0 N–H and O–H groups in total. The van der Waals surface area contributed by atoms with Crippen LogP contribution in [0, 0.1) is 0 Å². The fourth-order valence-corrected chi connectivity index (χ4v) is 3.36. The zero-order chi connectivity index (χ0) is 14.7. The first-order chi connectivity index (χ1) is 10.2. The molecular weight excluding hydrogens is 352 g/mol. The molecule has 1 atom stereocenters. The molecule has 2 aromatic heterocycles. The van der Waals surface area contributed by atoms with E-state index in [0.29, 0.717) is 18.8 Å². The molecule has 110 valence electrons. The third-order valence-corrected chi connectivity index (χ3v) is 4.77. The van der Waals surface area contributed by atoms with Crippen molar-refractivity contribution in [2.24, 2.45) is 0 Å². The average Bonchev–Trinajstić information content (AvgIpc) is 3.13. The molecule has 21 heavy (non-hydrogen) atoms. The van der Waals surface area contributed by atoms with Crippen molar-refractivity contribution in [3.63, 3.8) is 0 Å². The van der Waals surface area contributed by atoms with Gasteiger partial charge in [-0.1, -0.05) is 0 Å². The number of rotatable bonds is 4. The highest BCUT2D eigenvalue weighted by Crippen LogP contribution is 2.24. The summed E-state index contributed by atoms with van der Waals surface area (Å²) in [7, 11) is 0. The maximum absolute atomic E-state index is 12.2. The number of halogens is 1. The van der Waals surface area contributed by atoms with Crippen LogP contribution in [-0.4, -0.2) is 35.0 Å². The molecule has 1 fully saturated rings. The van der Waals surface area contributed by atoms with Gasteiger partial charge in [0.15, 0.2) is 0 Å². The third-order valence-electron chi connectivity index (χ3n) is 3.44. The number of amides is 1. The van der Waals surface area contributed by atoms with Crippen LogP contribution in [0.3, 0.4) is 0 Å². The summed E-state index contributed by atoms with van der Waals surface area (Å²) in [6, 6.07) is 5.75. The Kier molecular flexibility index (Phi) is 4.55. The molecule has 1 aliphatic rings. The highest BCUT2D eigenvalue weighted by atomic mass is 79.9.